The summed E-state index contributed by atoms with van der Waals surface area (Å²) in [6.45, 7) is 10.2. The van der Waals surface area contributed by atoms with E-state index in [1.807, 2.05) is 5.57 Å². The Hall–Kier alpha value is 0.440. The first-order valence-electron chi connectivity index (χ1n) is 8.39. The van der Waals surface area contributed by atoms with Gasteiger partial charge >= 0.3 is 0 Å². The zero-order valence-corrected chi connectivity index (χ0v) is 15.1. The molecule has 1 saturated heterocycles. The Balaban J connectivity index is 1.82. The van der Waals surface area contributed by atoms with Crippen LogP contribution in [0.3, 0.4) is 0 Å². The molecule has 1 aliphatic heterocycles. The summed E-state index contributed by atoms with van der Waals surface area (Å²) in [5.41, 5.74) is 4.79. The van der Waals surface area contributed by atoms with Crippen molar-refractivity contribution in [3.8, 4) is 0 Å². The lowest BCUT2D eigenvalue weighted by Gasteiger charge is -2.41. The van der Waals surface area contributed by atoms with Crippen LogP contribution in [-0.2, 0) is 0 Å². The van der Waals surface area contributed by atoms with Crippen LogP contribution in [0.2, 0.25) is 0 Å². The molecule has 0 amide bonds. The van der Waals surface area contributed by atoms with Crippen LogP contribution in [0, 0.1) is 22.7 Å². The minimum atomic E-state index is 0.535. The highest BCUT2D eigenvalue weighted by atomic mass is 32.2. The molecule has 20 heavy (non-hydrogen) atoms. The van der Waals surface area contributed by atoms with Crippen molar-refractivity contribution in [3.63, 3.8) is 0 Å². The molecular formula is C18H28S2. The maximum atomic E-state index is 2.62. The predicted molar refractivity (Wildman–Crippen MR) is 92.3 cm³/mol. The summed E-state index contributed by atoms with van der Waals surface area (Å²) in [5, 5.41) is 0. The third-order valence-electron chi connectivity index (χ3n) is 7.09. The lowest BCUT2D eigenvalue weighted by molar-refractivity contribution is 0.141. The van der Waals surface area contributed by atoms with Crippen molar-refractivity contribution in [1.29, 1.82) is 0 Å². The van der Waals surface area contributed by atoms with Crippen LogP contribution in [0.1, 0.15) is 59.8 Å². The minimum Gasteiger partial charge on any atom is -0.144 e. The lowest BCUT2D eigenvalue weighted by atomic mass is 9.68. The molecule has 0 aromatic rings. The van der Waals surface area contributed by atoms with Gasteiger partial charge in [0, 0.05) is 0 Å². The normalized spacial score (nSPS) is 45.0. The first-order chi connectivity index (χ1) is 9.42. The van der Waals surface area contributed by atoms with E-state index in [-0.39, 0.29) is 0 Å². The average Bonchev–Trinajstić information content (AvgIpc) is 2.93. The molecule has 3 fully saturated rings. The van der Waals surface area contributed by atoms with Crippen LogP contribution in [0.25, 0.3) is 0 Å². The smallest absolute Gasteiger partial charge is 0.0648 e. The summed E-state index contributed by atoms with van der Waals surface area (Å²) in [6, 6.07) is 0. The highest BCUT2D eigenvalue weighted by Crippen LogP contribution is 2.77. The fourth-order valence-corrected chi connectivity index (χ4v) is 9.89. The fraction of sp³-hybridized carbons (Fsp3) is 0.889. The van der Waals surface area contributed by atoms with Crippen LogP contribution >= 0.6 is 23.5 Å². The van der Waals surface area contributed by atoms with Crippen molar-refractivity contribution in [2.75, 3.05) is 11.5 Å². The highest BCUT2D eigenvalue weighted by molar-refractivity contribution is 8.18. The van der Waals surface area contributed by atoms with Gasteiger partial charge in [0.25, 0.3) is 0 Å². The van der Waals surface area contributed by atoms with E-state index in [1.54, 1.807) is 5.57 Å². The van der Waals surface area contributed by atoms with Gasteiger partial charge in [-0.25, -0.2) is 0 Å². The maximum Gasteiger partial charge on any atom is 0.0648 e. The van der Waals surface area contributed by atoms with Crippen molar-refractivity contribution in [1.82, 2.24) is 0 Å². The van der Waals surface area contributed by atoms with Gasteiger partial charge in [-0.15, -0.1) is 23.5 Å². The monoisotopic (exact) mass is 308 g/mol. The van der Waals surface area contributed by atoms with E-state index in [2.05, 4.69) is 51.2 Å². The number of hydrogen-bond donors (Lipinski definition) is 0. The molecule has 4 aliphatic rings. The average molecular weight is 309 g/mol. The van der Waals surface area contributed by atoms with Crippen molar-refractivity contribution in [2.45, 2.75) is 63.9 Å². The van der Waals surface area contributed by atoms with Crippen LogP contribution in [0.15, 0.2) is 11.1 Å². The molecule has 0 bridgehead atoms. The van der Waals surface area contributed by atoms with E-state index in [0.29, 0.717) is 14.9 Å². The molecule has 2 spiro atoms. The van der Waals surface area contributed by atoms with Gasteiger partial charge in [0.05, 0.1) is 4.08 Å². The fourth-order valence-electron chi connectivity index (χ4n) is 6.12. The van der Waals surface area contributed by atoms with Gasteiger partial charge in [0.2, 0.25) is 0 Å². The first kappa shape index (κ1) is 14.1. The standard InChI is InChI=1S/C18H28S2/c1-12-6-7-17-13(2)18(19-8-5-9-20-18)11-15(17)16(3,4)10-14(12)17/h13,15H,5-11H2,1-4H3/t13-,15-,17+/m0/s1. The summed E-state index contributed by atoms with van der Waals surface area (Å²) >= 11 is 4.65. The summed E-state index contributed by atoms with van der Waals surface area (Å²) in [4.78, 5) is 0. The van der Waals surface area contributed by atoms with Gasteiger partial charge in [-0.1, -0.05) is 31.9 Å². The summed E-state index contributed by atoms with van der Waals surface area (Å²) in [7, 11) is 0. The maximum absolute atomic E-state index is 2.62. The van der Waals surface area contributed by atoms with E-state index in [9.17, 15) is 0 Å². The molecule has 0 aromatic heterocycles. The van der Waals surface area contributed by atoms with Crippen molar-refractivity contribution < 1.29 is 0 Å². The highest BCUT2D eigenvalue weighted by Gasteiger charge is 2.69. The molecule has 2 saturated carbocycles. The van der Waals surface area contributed by atoms with Crippen LogP contribution in [0.4, 0.5) is 0 Å². The Morgan fingerprint density at radius 1 is 1.15 bits per heavy atom. The Labute approximate surface area is 132 Å². The van der Waals surface area contributed by atoms with E-state index in [1.165, 1.54) is 43.6 Å². The molecule has 0 nitrogen and oxygen atoms in total. The lowest BCUT2D eigenvalue weighted by Crippen LogP contribution is -2.35. The summed E-state index contributed by atoms with van der Waals surface area (Å²) in [6.07, 6.45) is 7.14. The number of hydrogen-bond acceptors (Lipinski definition) is 2. The molecule has 0 aromatic carbocycles. The topological polar surface area (TPSA) is 0 Å². The van der Waals surface area contributed by atoms with Gasteiger partial charge in [-0.3, -0.25) is 0 Å². The van der Waals surface area contributed by atoms with E-state index in [4.69, 9.17) is 0 Å². The van der Waals surface area contributed by atoms with Gasteiger partial charge in [0.15, 0.2) is 0 Å². The van der Waals surface area contributed by atoms with Gasteiger partial charge in [-0.2, -0.15) is 0 Å². The molecule has 1 heterocycles. The SMILES string of the molecule is CC1=C2CC(C)(C)[C@@H]3CC4(SCCCS4)[C@@H](C)[C@]23CC1. The van der Waals surface area contributed by atoms with Gasteiger partial charge < -0.3 is 0 Å². The molecule has 0 radical (unpaired) electrons. The number of rotatable bonds is 0. The largest absolute Gasteiger partial charge is 0.144 e. The third kappa shape index (κ3) is 1.54. The van der Waals surface area contributed by atoms with Crippen molar-refractivity contribution in [2.24, 2.45) is 22.7 Å². The molecule has 2 heteroatoms. The second-order valence-corrected chi connectivity index (χ2v) is 11.4. The molecule has 112 valence electrons. The van der Waals surface area contributed by atoms with Crippen molar-refractivity contribution >= 4 is 23.5 Å². The van der Waals surface area contributed by atoms with E-state index < -0.39 is 0 Å². The molecule has 4 rings (SSSR count). The van der Waals surface area contributed by atoms with E-state index >= 15 is 0 Å². The van der Waals surface area contributed by atoms with Gasteiger partial charge in [-0.05, 0) is 73.2 Å². The summed E-state index contributed by atoms with van der Waals surface area (Å²) < 4.78 is 0.552. The molecule has 3 aliphatic carbocycles. The Morgan fingerprint density at radius 3 is 2.55 bits per heavy atom. The second kappa shape index (κ2) is 4.25. The molecule has 0 N–H and O–H groups in total. The number of thioether (sulfide) groups is 2. The summed E-state index contributed by atoms with van der Waals surface area (Å²) in [5.74, 6) is 4.62. The predicted octanol–water partition coefficient (Wildman–Crippen LogP) is 5.74. The minimum absolute atomic E-state index is 0.535. The zero-order valence-electron chi connectivity index (χ0n) is 13.4. The molecular weight excluding hydrogens is 280 g/mol. The first-order valence-corrected chi connectivity index (χ1v) is 10.4. The van der Waals surface area contributed by atoms with Crippen molar-refractivity contribution in [3.05, 3.63) is 11.1 Å². The van der Waals surface area contributed by atoms with Crippen LogP contribution in [-0.4, -0.2) is 15.6 Å². The molecule has 3 atom stereocenters. The van der Waals surface area contributed by atoms with E-state index in [0.717, 1.165) is 11.8 Å². The zero-order chi connectivity index (χ0) is 14.2. The molecule has 0 unspecified atom stereocenters. The number of allylic oxidation sites excluding steroid dienone is 2. The third-order valence-corrected chi connectivity index (χ3v) is 10.8. The Bertz CT molecular complexity index is 470. The Kier molecular flexibility index (Phi) is 2.99. The Morgan fingerprint density at radius 2 is 1.85 bits per heavy atom. The van der Waals surface area contributed by atoms with Gasteiger partial charge in [0.1, 0.15) is 0 Å². The van der Waals surface area contributed by atoms with Crippen LogP contribution < -0.4 is 0 Å². The van der Waals surface area contributed by atoms with Crippen LogP contribution in [0.5, 0.6) is 0 Å². The second-order valence-electron chi connectivity index (χ2n) is 8.31. The quantitative estimate of drug-likeness (QED) is 0.524.